The summed E-state index contributed by atoms with van der Waals surface area (Å²) >= 11 is 0. The van der Waals surface area contributed by atoms with Gasteiger partial charge in [-0.05, 0) is 44.0 Å². The summed E-state index contributed by atoms with van der Waals surface area (Å²) in [6, 6.07) is 7.64. The van der Waals surface area contributed by atoms with Crippen LogP contribution in [-0.2, 0) is 7.05 Å². The lowest BCUT2D eigenvalue weighted by Crippen LogP contribution is -2.27. The van der Waals surface area contributed by atoms with Crippen molar-refractivity contribution in [2.45, 2.75) is 26.8 Å². The Kier molecular flexibility index (Phi) is 3.53. The van der Waals surface area contributed by atoms with E-state index in [0.29, 0.717) is 5.56 Å². The molecule has 2 aromatic rings. The second-order valence-electron chi connectivity index (χ2n) is 5.00. The molecule has 0 aliphatic carbocycles. The summed E-state index contributed by atoms with van der Waals surface area (Å²) < 4.78 is 1.35. The molecule has 2 rings (SSSR count). The Bertz CT molecular complexity index is 672. The summed E-state index contributed by atoms with van der Waals surface area (Å²) in [7, 11) is 1.65. The van der Waals surface area contributed by atoms with Gasteiger partial charge >= 0.3 is 0 Å². The Labute approximate surface area is 112 Å². The molecule has 100 valence electrons. The van der Waals surface area contributed by atoms with Crippen molar-refractivity contribution in [2.24, 2.45) is 12.8 Å². The van der Waals surface area contributed by atoms with Crippen LogP contribution in [0.15, 0.2) is 29.1 Å². The molecular formula is C15H19N3O. The fourth-order valence-corrected chi connectivity index (χ4v) is 2.00. The fraction of sp³-hybridized carbons (Fsp3) is 0.333. The minimum Gasteiger partial charge on any atom is -0.324 e. The van der Waals surface area contributed by atoms with Crippen molar-refractivity contribution >= 4 is 0 Å². The third kappa shape index (κ3) is 2.58. The highest BCUT2D eigenvalue weighted by atomic mass is 16.1. The maximum absolute atomic E-state index is 11.9. The van der Waals surface area contributed by atoms with Gasteiger partial charge in [-0.1, -0.05) is 12.1 Å². The van der Waals surface area contributed by atoms with Gasteiger partial charge in [-0.3, -0.25) is 4.79 Å². The molecule has 0 amide bonds. The molecule has 0 saturated heterocycles. The molecule has 4 nitrogen and oxygen atoms in total. The molecule has 0 aliphatic rings. The largest absolute Gasteiger partial charge is 0.324 e. The number of nitrogens with zero attached hydrogens (tertiary/aromatic N) is 2. The first-order valence-electron chi connectivity index (χ1n) is 6.31. The maximum atomic E-state index is 11.9. The number of nitrogens with two attached hydrogens (primary N) is 1. The molecule has 4 heteroatoms. The topological polar surface area (TPSA) is 60.9 Å². The Hall–Kier alpha value is -1.94. The highest BCUT2D eigenvalue weighted by Gasteiger charge is 2.11. The molecule has 1 heterocycles. The molecule has 2 N–H and O–H groups in total. The molecule has 0 bridgehead atoms. The first-order chi connectivity index (χ1) is 8.90. The van der Waals surface area contributed by atoms with Crippen LogP contribution in [0, 0.1) is 13.8 Å². The van der Waals surface area contributed by atoms with Crippen LogP contribution in [0.5, 0.6) is 0 Å². The van der Waals surface area contributed by atoms with E-state index in [9.17, 15) is 4.79 Å². The molecule has 1 unspecified atom stereocenters. The molecule has 0 fully saturated rings. The van der Waals surface area contributed by atoms with Crippen LogP contribution in [0.2, 0.25) is 0 Å². The number of hydrogen-bond acceptors (Lipinski definition) is 3. The second-order valence-corrected chi connectivity index (χ2v) is 5.00. The highest BCUT2D eigenvalue weighted by molar-refractivity contribution is 5.61. The van der Waals surface area contributed by atoms with Crippen molar-refractivity contribution < 1.29 is 0 Å². The van der Waals surface area contributed by atoms with Crippen molar-refractivity contribution in [2.75, 3.05) is 0 Å². The highest BCUT2D eigenvalue weighted by Crippen LogP contribution is 2.21. The van der Waals surface area contributed by atoms with Gasteiger partial charge in [-0.15, -0.1) is 0 Å². The molecule has 0 aliphatic heterocycles. The van der Waals surface area contributed by atoms with Crippen LogP contribution in [0.25, 0.3) is 11.3 Å². The lowest BCUT2D eigenvalue weighted by atomic mass is 10.0. The van der Waals surface area contributed by atoms with Gasteiger partial charge in [0.1, 0.15) is 0 Å². The monoisotopic (exact) mass is 257 g/mol. The molecular weight excluding hydrogens is 238 g/mol. The summed E-state index contributed by atoms with van der Waals surface area (Å²) in [5.41, 5.74) is 10.5. The Morgan fingerprint density at radius 3 is 2.47 bits per heavy atom. The molecule has 1 atom stereocenters. The van der Waals surface area contributed by atoms with E-state index in [1.807, 2.05) is 6.07 Å². The minimum absolute atomic E-state index is 0.136. The summed E-state index contributed by atoms with van der Waals surface area (Å²) in [5.74, 6) is 0. The van der Waals surface area contributed by atoms with Crippen molar-refractivity contribution in [1.29, 1.82) is 0 Å². The van der Waals surface area contributed by atoms with Crippen LogP contribution < -0.4 is 11.3 Å². The first kappa shape index (κ1) is 13.5. The van der Waals surface area contributed by atoms with Crippen LogP contribution in [0.3, 0.4) is 0 Å². The van der Waals surface area contributed by atoms with E-state index in [-0.39, 0.29) is 11.6 Å². The maximum Gasteiger partial charge on any atom is 0.271 e. The molecule has 19 heavy (non-hydrogen) atoms. The summed E-state index contributed by atoms with van der Waals surface area (Å²) in [6.45, 7) is 5.94. The van der Waals surface area contributed by atoms with Crippen molar-refractivity contribution in [3.05, 3.63) is 51.3 Å². The second kappa shape index (κ2) is 4.97. The minimum atomic E-state index is -0.299. The SMILES string of the molecule is Cc1ccc(-c2cc(C(C)N)c(=O)n(C)n2)cc1C. The van der Waals surface area contributed by atoms with E-state index in [0.717, 1.165) is 11.3 Å². The van der Waals surface area contributed by atoms with Gasteiger partial charge in [0.2, 0.25) is 0 Å². The van der Waals surface area contributed by atoms with E-state index in [1.165, 1.54) is 15.8 Å². The summed E-state index contributed by atoms with van der Waals surface area (Å²) in [5, 5.41) is 4.31. The Morgan fingerprint density at radius 2 is 1.89 bits per heavy atom. The van der Waals surface area contributed by atoms with Gasteiger partial charge in [0.25, 0.3) is 5.56 Å². The molecule has 0 saturated carbocycles. The van der Waals surface area contributed by atoms with Crippen LogP contribution in [-0.4, -0.2) is 9.78 Å². The van der Waals surface area contributed by atoms with E-state index in [1.54, 1.807) is 20.0 Å². The lowest BCUT2D eigenvalue weighted by Gasteiger charge is -2.11. The fourth-order valence-electron chi connectivity index (χ4n) is 2.00. The third-order valence-electron chi connectivity index (χ3n) is 3.38. The molecule has 0 radical (unpaired) electrons. The number of aryl methyl sites for hydroxylation is 3. The van der Waals surface area contributed by atoms with Gasteiger partial charge in [-0.2, -0.15) is 5.10 Å². The van der Waals surface area contributed by atoms with Gasteiger partial charge in [0, 0.05) is 24.2 Å². The standard InChI is InChI=1S/C15H19N3O/c1-9-5-6-12(7-10(9)2)14-8-13(11(3)16)15(19)18(4)17-14/h5-8,11H,16H2,1-4H3. The Morgan fingerprint density at radius 1 is 1.21 bits per heavy atom. The normalized spacial score (nSPS) is 12.5. The average molecular weight is 257 g/mol. The van der Waals surface area contributed by atoms with Gasteiger partial charge in [-0.25, -0.2) is 4.68 Å². The average Bonchev–Trinajstić information content (AvgIpc) is 2.35. The summed E-state index contributed by atoms with van der Waals surface area (Å²) in [4.78, 5) is 11.9. The molecule has 0 spiro atoms. The van der Waals surface area contributed by atoms with E-state index >= 15 is 0 Å². The van der Waals surface area contributed by atoms with E-state index in [2.05, 4.69) is 31.1 Å². The predicted octanol–water partition coefficient (Wildman–Crippen LogP) is 2.08. The van der Waals surface area contributed by atoms with Gasteiger partial charge < -0.3 is 5.73 Å². The number of benzene rings is 1. The number of hydrogen-bond donors (Lipinski definition) is 1. The van der Waals surface area contributed by atoms with E-state index in [4.69, 9.17) is 5.73 Å². The van der Waals surface area contributed by atoms with Crippen LogP contribution >= 0.6 is 0 Å². The van der Waals surface area contributed by atoms with E-state index < -0.39 is 0 Å². The zero-order valence-corrected chi connectivity index (χ0v) is 11.8. The molecule has 1 aromatic heterocycles. The zero-order valence-electron chi connectivity index (χ0n) is 11.8. The quantitative estimate of drug-likeness (QED) is 0.896. The van der Waals surface area contributed by atoms with Crippen molar-refractivity contribution in [3.8, 4) is 11.3 Å². The summed E-state index contributed by atoms with van der Waals surface area (Å²) in [6.07, 6.45) is 0. The van der Waals surface area contributed by atoms with Crippen molar-refractivity contribution in [1.82, 2.24) is 9.78 Å². The zero-order chi connectivity index (χ0) is 14.2. The van der Waals surface area contributed by atoms with Gasteiger partial charge in [0.15, 0.2) is 0 Å². The number of rotatable bonds is 2. The smallest absolute Gasteiger partial charge is 0.271 e. The first-order valence-corrected chi connectivity index (χ1v) is 6.31. The predicted molar refractivity (Wildman–Crippen MR) is 77.0 cm³/mol. The number of aromatic nitrogens is 2. The van der Waals surface area contributed by atoms with Crippen LogP contribution in [0.4, 0.5) is 0 Å². The van der Waals surface area contributed by atoms with Gasteiger partial charge in [0.05, 0.1) is 5.69 Å². The third-order valence-corrected chi connectivity index (χ3v) is 3.38. The lowest BCUT2D eigenvalue weighted by molar-refractivity contribution is 0.675. The van der Waals surface area contributed by atoms with Crippen molar-refractivity contribution in [3.63, 3.8) is 0 Å². The Balaban J connectivity index is 2.62. The van der Waals surface area contributed by atoms with Crippen LogP contribution in [0.1, 0.15) is 29.7 Å². The molecule has 1 aromatic carbocycles.